The van der Waals surface area contributed by atoms with Gasteiger partial charge < -0.3 is 33.0 Å². The predicted molar refractivity (Wildman–Crippen MR) is 503 cm³/mol. The van der Waals surface area contributed by atoms with E-state index in [0.717, 1.165) is 173 Å². The van der Waals surface area contributed by atoms with E-state index >= 15 is 0 Å². The SMILES string of the molecule is CC(C)(C)c1cc2c3c(c1)N(c1cccc4c1oc1ccccc14)c1cc(-n4c5ccccc5c5ccccc54)ccc1B3c1cc3c(cc1N2c1c(-c2ccccc2)cccc1-c1ccccc1)N(c1cccc2c1oc1ccccc12)c1cc(C(C)(C)C)cc2c1B3c1ccccc1N2c1c(-c2ccccc2)cccc1-c1ccccc1. The summed E-state index contributed by atoms with van der Waals surface area (Å²) >= 11 is 0. The molecule has 0 atom stereocenters. The van der Waals surface area contributed by atoms with Crippen molar-refractivity contribution in [3.05, 3.63) is 381 Å². The number of benzene rings is 17. The summed E-state index contributed by atoms with van der Waals surface area (Å²) in [6, 6.07) is 139. The van der Waals surface area contributed by atoms with E-state index in [9.17, 15) is 0 Å². The van der Waals surface area contributed by atoms with Gasteiger partial charge in [0.25, 0.3) is 13.4 Å². The van der Waals surface area contributed by atoms with E-state index in [1.54, 1.807) is 0 Å². The van der Waals surface area contributed by atoms with Crippen LogP contribution >= 0.6 is 0 Å². The third kappa shape index (κ3) is 10.3. The van der Waals surface area contributed by atoms with Gasteiger partial charge in [0.05, 0.1) is 33.8 Å². The van der Waals surface area contributed by atoms with Gasteiger partial charge >= 0.3 is 0 Å². The number of hydrogen-bond acceptors (Lipinski definition) is 6. The van der Waals surface area contributed by atoms with Crippen molar-refractivity contribution < 1.29 is 8.83 Å². The zero-order valence-electron chi connectivity index (χ0n) is 66.9. The molecule has 0 spiro atoms. The second kappa shape index (κ2) is 26.0. The number of para-hydroxylation sites is 9. The lowest BCUT2D eigenvalue weighted by atomic mass is 9.30. The van der Waals surface area contributed by atoms with Crippen LogP contribution in [0.5, 0.6) is 0 Å². The van der Waals surface area contributed by atoms with Gasteiger partial charge in [-0.1, -0.05) is 327 Å². The average molecular weight is 1520 g/mol. The second-order valence-corrected chi connectivity index (χ2v) is 34.6. The first kappa shape index (κ1) is 68.8. The normalized spacial score (nSPS) is 13.4. The Morgan fingerprint density at radius 3 is 1.02 bits per heavy atom. The quantitative estimate of drug-likeness (QED) is 0.134. The molecule has 3 aromatic heterocycles. The van der Waals surface area contributed by atoms with Gasteiger partial charge in [-0.25, -0.2) is 0 Å². The molecule has 562 valence electrons. The number of anilines is 12. The Morgan fingerprint density at radius 1 is 0.235 bits per heavy atom. The van der Waals surface area contributed by atoms with Gasteiger partial charge in [0.15, 0.2) is 11.2 Å². The zero-order chi connectivity index (χ0) is 79.3. The lowest BCUT2D eigenvalue weighted by Gasteiger charge is -2.48. The fraction of sp³-hybridized carbons (Fsp3) is 0.0727. The van der Waals surface area contributed by atoms with E-state index in [-0.39, 0.29) is 24.3 Å². The summed E-state index contributed by atoms with van der Waals surface area (Å²) in [5.74, 6) is 0. The molecule has 4 aliphatic heterocycles. The maximum absolute atomic E-state index is 7.45. The topological polar surface area (TPSA) is 44.2 Å². The fourth-order valence-corrected chi connectivity index (χ4v) is 20.4. The van der Waals surface area contributed by atoms with Gasteiger partial charge in [-0.15, -0.1) is 0 Å². The fourth-order valence-electron chi connectivity index (χ4n) is 20.4. The van der Waals surface area contributed by atoms with Crippen LogP contribution in [0.2, 0.25) is 0 Å². The molecule has 9 heteroatoms. The van der Waals surface area contributed by atoms with Crippen LogP contribution in [-0.2, 0) is 10.8 Å². The van der Waals surface area contributed by atoms with E-state index in [4.69, 9.17) is 8.83 Å². The summed E-state index contributed by atoms with van der Waals surface area (Å²) in [5.41, 5.74) is 37.5. The Kier molecular flexibility index (Phi) is 15.0. The van der Waals surface area contributed by atoms with Gasteiger partial charge in [-0.2, -0.15) is 0 Å². The summed E-state index contributed by atoms with van der Waals surface area (Å²) in [6.07, 6.45) is 0. The third-order valence-electron chi connectivity index (χ3n) is 25.8. The smallest absolute Gasteiger partial charge is 0.252 e. The van der Waals surface area contributed by atoms with Crippen molar-refractivity contribution >= 4 is 180 Å². The minimum Gasteiger partial charge on any atom is -0.454 e. The Hall–Kier alpha value is -14.5. The molecule has 0 N–H and O–H groups in total. The van der Waals surface area contributed by atoms with Crippen molar-refractivity contribution in [2.45, 2.75) is 52.4 Å². The second-order valence-electron chi connectivity index (χ2n) is 34.6. The lowest BCUT2D eigenvalue weighted by molar-refractivity contribution is 0.590. The van der Waals surface area contributed by atoms with E-state index in [2.05, 4.69) is 436 Å². The summed E-state index contributed by atoms with van der Waals surface area (Å²) in [6.45, 7) is 13.6. The van der Waals surface area contributed by atoms with Crippen LogP contribution in [0.4, 0.5) is 68.2 Å². The first-order valence-electron chi connectivity index (χ1n) is 41.6. The number of aromatic nitrogens is 1. The molecule has 4 aliphatic rings. The number of rotatable bonds is 9. The molecule has 20 aromatic rings. The van der Waals surface area contributed by atoms with Crippen LogP contribution in [0.15, 0.2) is 379 Å². The molecule has 0 saturated heterocycles. The van der Waals surface area contributed by atoms with Gasteiger partial charge in [0.1, 0.15) is 11.2 Å². The molecule has 0 radical (unpaired) electrons. The van der Waals surface area contributed by atoms with Gasteiger partial charge in [0, 0.05) is 106 Å². The molecular formula is C110H79B2N5O2. The molecule has 0 amide bonds. The van der Waals surface area contributed by atoms with Crippen LogP contribution in [-0.4, -0.2) is 18.0 Å². The van der Waals surface area contributed by atoms with Crippen molar-refractivity contribution in [2.24, 2.45) is 0 Å². The molecule has 0 bridgehead atoms. The summed E-state index contributed by atoms with van der Waals surface area (Å²) in [7, 11) is 0. The number of hydrogen-bond donors (Lipinski definition) is 0. The Bertz CT molecular complexity index is 7450. The highest BCUT2D eigenvalue weighted by atomic mass is 16.3. The highest BCUT2D eigenvalue weighted by Crippen LogP contribution is 2.57. The molecule has 0 saturated carbocycles. The first-order chi connectivity index (χ1) is 58.4. The van der Waals surface area contributed by atoms with Crippen LogP contribution < -0.4 is 52.4 Å². The minimum atomic E-state index is -0.369. The number of fused-ring (bicyclic) bond motifs is 17. The van der Waals surface area contributed by atoms with Crippen LogP contribution in [0.1, 0.15) is 52.7 Å². The lowest BCUT2D eigenvalue weighted by Crippen LogP contribution is -2.65. The highest BCUT2D eigenvalue weighted by Gasteiger charge is 2.51. The predicted octanol–water partition coefficient (Wildman–Crippen LogP) is 26.0. The highest BCUT2D eigenvalue weighted by molar-refractivity contribution is 7.03. The van der Waals surface area contributed by atoms with E-state index < -0.39 is 0 Å². The zero-order valence-corrected chi connectivity index (χ0v) is 66.9. The van der Waals surface area contributed by atoms with Gasteiger partial charge in [-0.3, -0.25) is 0 Å². The van der Waals surface area contributed by atoms with E-state index in [1.807, 2.05) is 0 Å². The van der Waals surface area contributed by atoms with Crippen LogP contribution in [0.3, 0.4) is 0 Å². The van der Waals surface area contributed by atoms with Gasteiger partial charge in [-0.05, 0) is 162 Å². The van der Waals surface area contributed by atoms with Gasteiger partial charge in [0.2, 0.25) is 0 Å². The van der Waals surface area contributed by atoms with Crippen molar-refractivity contribution in [2.75, 3.05) is 19.6 Å². The number of furan rings is 2. The maximum Gasteiger partial charge on any atom is 0.252 e. The molecular weight excluding hydrogens is 1440 g/mol. The summed E-state index contributed by atoms with van der Waals surface area (Å²) in [4.78, 5) is 10.6. The minimum absolute atomic E-state index is 0.311. The Morgan fingerprint density at radius 2 is 0.571 bits per heavy atom. The molecule has 119 heavy (non-hydrogen) atoms. The van der Waals surface area contributed by atoms with Crippen LogP contribution in [0.25, 0.3) is 116 Å². The summed E-state index contributed by atoms with van der Waals surface area (Å²) < 4.78 is 17.3. The van der Waals surface area contributed by atoms with Crippen molar-refractivity contribution in [1.82, 2.24) is 4.57 Å². The number of nitrogens with zero attached hydrogens (tertiary/aromatic N) is 5. The molecule has 17 aromatic carbocycles. The molecule has 7 heterocycles. The van der Waals surface area contributed by atoms with Crippen molar-refractivity contribution in [3.8, 4) is 50.2 Å². The largest absolute Gasteiger partial charge is 0.454 e. The van der Waals surface area contributed by atoms with Crippen LogP contribution in [0, 0.1) is 0 Å². The third-order valence-corrected chi connectivity index (χ3v) is 25.8. The van der Waals surface area contributed by atoms with E-state index in [1.165, 1.54) is 54.7 Å². The van der Waals surface area contributed by atoms with Crippen molar-refractivity contribution in [3.63, 3.8) is 0 Å². The molecule has 24 rings (SSSR count). The average Bonchev–Trinajstić information content (AvgIpc) is 0.747. The van der Waals surface area contributed by atoms with Crippen molar-refractivity contribution in [1.29, 1.82) is 0 Å². The monoisotopic (exact) mass is 1520 g/mol. The van der Waals surface area contributed by atoms with E-state index in [0.29, 0.717) is 0 Å². The maximum atomic E-state index is 7.45. The molecule has 0 fully saturated rings. The summed E-state index contributed by atoms with van der Waals surface area (Å²) in [5, 5.41) is 6.69. The molecule has 7 nitrogen and oxygen atoms in total. The molecule has 0 aliphatic carbocycles. The first-order valence-corrected chi connectivity index (χ1v) is 41.6. The standard InChI is InChI=1S/C110H79B2N5O2/c1-109(2,3)72-62-98-103-99(63-72)116(105-75(68-33-11-7-12-34-68)45-29-46-76(105)69-35-13-8-14-36-69)91-54-26-23-51-85(91)111(103)87-66-88-96(67-95(87)115(98)93-56-32-50-84-82-44-22-28-58-102(82)119-108(84)93)117(106-77(70-37-15-9-16-38-70)47-30-48-78(106)71-39-17-10-18-40-71)100-64-73(110(4,5)6)61-97-104(100)112(88)86-60-59-74(113-89-52-24-19-41-79(89)80-42-20-25-53-90(80)113)65-94(86)114(97)92-55-31-49-83-81-43-21-27-57-101(81)118-107(83)92/h7-67H,1-6H3. The Labute approximate surface area is 692 Å². The molecule has 0 unspecified atom stereocenters. The Balaban J connectivity index is 0.877.